The Hall–Kier alpha value is -2.31. The SMILES string of the molecule is COC1C=CC(C2=NN(C(=O)c3ccc(C)c(F)c3)CC2)=CC1OC. The van der Waals surface area contributed by atoms with Gasteiger partial charge in [0, 0.05) is 26.2 Å². The summed E-state index contributed by atoms with van der Waals surface area (Å²) >= 11 is 0. The van der Waals surface area contributed by atoms with Crippen molar-refractivity contribution in [3.63, 3.8) is 0 Å². The number of carbonyl (C=O) groups excluding carboxylic acids is 1. The molecule has 1 aliphatic carbocycles. The van der Waals surface area contributed by atoms with Crippen LogP contribution in [-0.2, 0) is 9.47 Å². The number of halogens is 1. The van der Waals surface area contributed by atoms with Gasteiger partial charge in [0.1, 0.15) is 18.0 Å². The number of ether oxygens (including phenoxy) is 2. The third-order valence-electron chi connectivity index (χ3n) is 4.47. The second kappa shape index (κ2) is 7.29. The van der Waals surface area contributed by atoms with E-state index in [1.54, 1.807) is 33.3 Å². The van der Waals surface area contributed by atoms with Crippen molar-refractivity contribution in [3.05, 3.63) is 58.9 Å². The van der Waals surface area contributed by atoms with Gasteiger partial charge in [0.15, 0.2) is 0 Å². The van der Waals surface area contributed by atoms with Gasteiger partial charge in [-0.15, -0.1) is 0 Å². The smallest absolute Gasteiger partial charge is 0.274 e. The van der Waals surface area contributed by atoms with Crippen LogP contribution in [-0.4, -0.2) is 49.6 Å². The molecule has 25 heavy (non-hydrogen) atoms. The first-order chi connectivity index (χ1) is 12.0. The van der Waals surface area contributed by atoms with Gasteiger partial charge in [0.05, 0.1) is 12.3 Å². The third-order valence-corrected chi connectivity index (χ3v) is 4.47. The number of hydrogen-bond donors (Lipinski definition) is 0. The molecule has 0 bridgehead atoms. The van der Waals surface area contributed by atoms with E-state index >= 15 is 0 Å². The molecule has 0 aromatic heterocycles. The summed E-state index contributed by atoms with van der Waals surface area (Å²) in [5.41, 5.74) is 2.55. The molecule has 0 fully saturated rings. The average molecular weight is 344 g/mol. The molecule has 2 atom stereocenters. The number of aryl methyl sites for hydroxylation is 1. The molecule has 0 spiro atoms. The molecule has 5 nitrogen and oxygen atoms in total. The molecule has 1 aromatic rings. The van der Waals surface area contributed by atoms with Crippen LogP contribution in [0.2, 0.25) is 0 Å². The van der Waals surface area contributed by atoms with Crippen molar-refractivity contribution in [2.45, 2.75) is 25.6 Å². The number of hydrazone groups is 1. The molecule has 0 radical (unpaired) electrons. The fraction of sp³-hybridized carbons (Fsp3) is 0.368. The molecule has 0 saturated heterocycles. The minimum atomic E-state index is -0.388. The monoisotopic (exact) mass is 344 g/mol. The third kappa shape index (κ3) is 3.55. The topological polar surface area (TPSA) is 51.1 Å². The lowest BCUT2D eigenvalue weighted by Gasteiger charge is -2.23. The maximum Gasteiger partial charge on any atom is 0.274 e. The number of allylic oxidation sites excluding steroid dienone is 2. The number of amides is 1. The number of carbonyl (C=O) groups is 1. The molecular formula is C19H21FN2O3. The average Bonchev–Trinajstić information content (AvgIpc) is 3.12. The Bertz CT molecular complexity index is 770. The highest BCUT2D eigenvalue weighted by Crippen LogP contribution is 2.23. The normalized spacial score (nSPS) is 22.8. The molecule has 0 saturated carbocycles. The summed E-state index contributed by atoms with van der Waals surface area (Å²) in [7, 11) is 3.26. The Morgan fingerprint density at radius 3 is 2.72 bits per heavy atom. The van der Waals surface area contributed by atoms with Gasteiger partial charge in [-0.25, -0.2) is 9.40 Å². The van der Waals surface area contributed by atoms with Crippen molar-refractivity contribution in [2.75, 3.05) is 20.8 Å². The van der Waals surface area contributed by atoms with Crippen molar-refractivity contribution in [3.8, 4) is 0 Å². The highest BCUT2D eigenvalue weighted by atomic mass is 19.1. The van der Waals surface area contributed by atoms with E-state index in [2.05, 4.69) is 5.10 Å². The zero-order valence-electron chi connectivity index (χ0n) is 14.5. The van der Waals surface area contributed by atoms with Crippen molar-refractivity contribution in [1.82, 2.24) is 5.01 Å². The van der Waals surface area contributed by atoms with E-state index in [9.17, 15) is 9.18 Å². The Labute approximate surface area is 146 Å². The summed E-state index contributed by atoms with van der Waals surface area (Å²) in [5.74, 6) is -0.687. The summed E-state index contributed by atoms with van der Waals surface area (Å²) in [5, 5.41) is 5.81. The Morgan fingerprint density at radius 1 is 1.28 bits per heavy atom. The Kier molecular flexibility index (Phi) is 5.11. The van der Waals surface area contributed by atoms with Gasteiger partial charge < -0.3 is 9.47 Å². The first-order valence-corrected chi connectivity index (χ1v) is 8.15. The Balaban J connectivity index is 1.78. The van der Waals surface area contributed by atoms with E-state index in [1.165, 1.54) is 11.1 Å². The summed E-state index contributed by atoms with van der Waals surface area (Å²) in [6, 6.07) is 4.48. The fourth-order valence-electron chi connectivity index (χ4n) is 2.92. The molecule has 1 aliphatic heterocycles. The largest absolute Gasteiger partial charge is 0.374 e. The van der Waals surface area contributed by atoms with Crippen LogP contribution in [0.3, 0.4) is 0 Å². The molecule has 0 N–H and O–H groups in total. The second-order valence-corrected chi connectivity index (χ2v) is 6.07. The van der Waals surface area contributed by atoms with E-state index in [0.29, 0.717) is 24.1 Å². The van der Waals surface area contributed by atoms with Crippen LogP contribution < -0.4 is 0 Å². The maximum absolute atomic E-state index is 13.7. The van der Waals surface area contributed by atoms with Crippen LogP contribution in [0.4, 0.5) is 4.39 Å². The first kappa shape index (κ1) is 17.5. The van der Waals surface area contributed by atoms with Crippen LogP contribution in [0, 0.1) is 12.7 Å². The number of nitrogens with zero attached hydrogens (tertiary/aromatic N) is 2. The summed E-state index contributed by atoms with van der Waals surface area (Å²) in [4.78, 5) is 12.5. The number of benzene rings is 1. The lowest BCUT2D eigenvalue weighted by molar-refractivity contribution is 0.0137. The van der Waals surface area contributed by atoms with Crippen LogP contribution in [0.15, 0.2) is 47.1 Å². The summed E-state index contributed by atoms with van der Waals surface area (Å²) < 4.78 is 24.5. The summed E-state index contributed by atoms with van der Waals surface area (Å²) in [6.45, 7) is 2.14. The minimum Gasteiger partial charge on any atom is -0.374 e. The van der Waals surface area contributed by atoms with Crippen molar-refractivity contribution in [2.24, 2.45) is 5.10 Å². The van der Waals surface area contributed by atoms with Crippen molar-refractivity contribution < 1.29 is 18.7 Å². The zero-order chi connectivity index (χ0) is 18.0. The number of rotatable bonds is 4. The predicted molar refractivity (Wildman–Crippen MR) is 93.0 cm³/mol. The lowest BCUT2D eigenvalue weighted by atomic mass is 9.97. The molecule has 1 amide bonds. The fourth-order valence-corrected chi connectivity index (χ4v) is 2.92. The van der Waals surface area contributed by atoms with Crippen LogP contribution >= 0.6 is 0 Å². The standard InChI is InChI=1S/C19H21FN2O3/c1-12-4-5-14(10-15(12)20)19(23)22-9-8-16(21-22)13-6-7-17(24-2)18(11-13)25-3/h4-7,10-11,17-18H,8-9H2,1-3H3. The number of hydrogen-bond acceptors (Lipinski definition) is 4. The predicted octanol–water partition coefficient (Wildman–Crippen LogP) is 2.86. The maximum atomic E-state index is 13.7. The van der Waals surface area contributed by atoms with Gasteiger partial charge in [-0.1, -0.05) is 18.2 Å². The molecule has 1 heterocycles. The van der Waals surface area contributed by atoms with E-state index in [-0.39, 0.29) is 23.9 Å². The quantitative estimate of drug-likeness (QED) is 0.844. The van der Waals surface area contributed by atoms with E-state index in [1.807, 2.05) is 18.2 Å². The van der Waals surface area contributed by atoms with E-state index in [0.717, 1.165) is 11.3 Å². The highest BCUT2D eigenvalue weighted by molar-refractivity contribution is 6.06. The van der Waals surface area contributed by atoms with Gasteiger partial charge in [-0.05, 0) is 36.3 Å². The second-order valence-electron chi connectivity index (χ2n) is 6.07. The van der Waals surface area contributed by atoms with Gasteiger partial charge in [0.25, 0.3) is 5.91 Å². The summed E-state index contributed by atoms with van der Waals surface area (Å²) in [6.07, 6.45) is 6.12. The van der Waals surface area contributed by atoms with E-state index < -0.39 is 0 Å². The zero-order valence-corrected chi connectivity index (χ0v) is 14.5. The highest BCUT2D eigenvalue weighted by Gasteiger charge is 2.27. The van der Waals surface area contributed by atoms with Gasteiger partial charge in [0.2, 0.25) is 0 Å². The van der Waals surface area contributed by atoms with Gasteiger partial charge >= 0.3 is 0 Å². The van der Waals surface area contributed by atoms with Crippen molar-refractivity contribution >= 4 is 11.6 Å². The van der Waals surface area contributed by atoms with Gasteiger partial charge in [-0.3, -0.25) is 4.79 Å². The molecular weight excluding hydrogens is 323 g/mol. The molecule has 6 heteroatoms. The molecule has 132 valence electrons. The van der Waals surface area contributed by atoms with E-state index in [4.69, 9.17) is 9.47 Å². The first-order valence-electron chi connectivity index (χ1n) is 8.15. The molecule has 2 unspecified atom stereocenters. The van der Waals surface area contributed by atoms with Crippen LogP contribution in [0.1, 0.15) is 22.3 Å². The Morgan fingerprint density at radius 2 is 2.04 bits per heavy atom. The molecule has 3 rings (SSSR count). The van der Waals surface area contributed by atoms with Crippen LogP contribution in [0.5, 0.6) is 0 Å². The van der Waals surface area contributed by atoms with Gasteiger partial charge in [-0.2, -0.15) is 5.10 Å². The molecule has 1 aromatic carbocycles. The van der Waals surface area contributed by atoms with Crippen LogP contribution in [0.25, 0.3) is 0 Å². The lowest BCUT2D eigenvalue weighted by Crippen LogP contribution is -2.29. The minimum absolute atomic E-state index is 0.135. The molecule has 2 aliphatic rings. The number of methoxy groups -OCH3 is 2. The van der Waals surface area contributed by atoms with Crippen molar-refractivity contribution in [1.29, 1.82) is 0 Å².